The summed E-state index contributed by atoms with van der Waals surface area (Å²) in [5.41, 5.74) is 2.02. The Bertz CT molecular complexity index is 781. The number of carbonyl (C=O) groups excluding carboxylic acids is 1. The molecule has 0 unspecified atom stereocenters. The van der Waals surface area contributed by atoms with Gasteiger partial charge in [0.05, 0.1) is 23.5 Å². The third kappa shape index (κ3) is 9.11. The monoisotopic (exact) mass is 362 g/mol. The summed E-state index contributed by atoms with van der Waals surface area (Å²) in [6, 6.07) is 16.4. The fourth-order valence-electron chi connectivity index (χ4n) is 1.67. The molecule has 0 amide bonds. The van der Waals surface area contributed by atoms with Gasteiger partial charge >= 0.3 is 16.6 Å². The fraction of sp³-hybridized carbons (Fsp3) is 0.235. The molecule has 0 heterocycles. The summed E-state index contributed by atoms with van der Waals surface area (Å²) >= 11 is 0. The van der Waals surface area contributed by atoms with Crippen LogP contribution in [0.1, 0.15) is 30.1 Å². The number of azo groups is 1. The zero-order valence-electron chi connectivity index (χ0n) is 13.7. The smallest absolute Gasteiger partial charge is 0.425 e. The molecular weight excluding hydrogens is 344 g/mol. The Morgan fingerprint density at radius 1 is 0.920 bits per heavy atom. The number of ether oxygens (including phenoxy) is 1. The molecule has 0 aliphatic carbocycles. The standard InChI is InChI=1S/C17H18N2O2.O3S/c1-2-3-13-21-17(20)14-9-11-16(12-10-14)19-18-15-7-5-4-6-8-15;1-4(2)3/h4-12H,2-3,13H2,1H3;. The number of carbonyl (C=O) groups is 1. The number of nitrogens with zero attached hydrogens (tertiary/aromatic N) is 2. The molecule has 25 heavy (non-hydrogen) atoms. The topological polar surface area (TPSA) is 102 Å². The number of unbranched alkanes of at least 4 members (excludes halogenated alkanes) is 1. The summed E-state index contributed by atoms with van der Waals surface area (Å²) in [6.45, 7) is 2.52. The van der Waals surface area contributed by atoms with Gasteiger partial charge in [0.25, 0.3) is 0 Å². The summed E-state index contributed by atoms with van der Waals surface area (Å²) in [5, 5.41) is 8.25. The second-order valence-electron chi connectivity index (χ2n) is 4.78. The number of hydrogen-bond donors (Lipinski definition) is 0. The Kier molecular flexibility index (Phi) is 9.39. The van der Waals surface area contributed by atoms with Crippen LogP contribution in [-0.4, -0.2) is 25.2 Å². The Morgan fingerprint density at radius 3 is 1.96 bits per heavy atom. The van der Waals surface area contributed by atoms with Gasteiger partial charge in [0.2, 0.25) is 0 Å². The van der Waals surface area contributed by atoms with Gasteiger partial charge in [0.15, 0.2) is 0 Å². The van der Waals surface area contributed by atoms with E-state index in [0.717, 1.165) is 18.5 Å². The lowest BCUT2D eigenvalue weighted by molar-refractivity contribution is 0.0500. The zero-order chi connectivity index (χ0) is 18.5. The first-order chi connectivity index (χ1) is 12.0. The van der Waals surface area contributed by atoms with Crippen LogP contribution < -0.4 is 0 Å². The number of rotatable bonds is 6. The summed E-state index contributed by atoms with van der Waals surface area (Å²) in [4.78, 5) is 11.7. The van der Waals surface area contributed by atoms with Gasteiger partial charge in [-0.1, -0.05) is 31.5 Å². The largest absolute Gasteiger partial charge is 0.462 e. The summed E-state index contributed by atoms with van der Waals surface area (Å²) in [7, 11) is -3.11. The van der Waals surface area contributed by atoms with E-state index in [0.29, 0.717) is 17.9 Å². The quantitative estimate of drug-likeness (QED) is 0.438. The van der Waals surface area contributed by atoms with E-state index in [1.807, 2.05) is 30.3 Å². The highest BCUT2D eigenvalue weighted by molar-refractivity contribution is 7.59. The average molecular weight is 362 g/mol. The van der Waals surface area contributed by atoms with Crippen LogP contribution in [0.25, 0.3) is 0 Å². The van der Waals surface area contributed by atoms with Crippen molar-refractivity contribution in [2.24, 2.45) is 10.2 Å². The molecule has 0 radical (unpaired) electrons. The second-order valence-corrected chi connectivity index (χ2v) is 5.18. The highest BCUT2D eigenvalue weighted by atomic mass is 32.2. The van der Waals surface area contributed by atoms with E-state index in [4.69, 9.17) is 17.4 Å². The first-order valence-corrected chi connectivity index (χ1v) is 8.53. The molecular formula is C17H18N2O5S. The highest BCUT2D eigenvalue weighted by Gasteiger charge is 2.06. The average Bonchev–Trinajstić information content (AvgIpc) is 2.61. The molecule has 0 saturated heterocycles. The van der Waals surface area contributed by atoms with Crippen LogP contribution in [0.5, 0.6) is 0 Å². The van der Waals surface area contributed by atoms with Gasteiger partial charge in [-0.05, 0) is 42.8 Å². The van der Waals surface area contributed by atoms with E-state index < -0.39 is 10.6 Å². The molecule has 7 nitrogen and oxygen atoms in total. The van der Waals surface area contributed by atoms with Gasteiger partial charge in [-0.25, -0.2) is 4.79 Å². The predicted molar refractivity (Wildman–Crippen MR) is 91.9 cm³/mol. The summed E-state index contributed by atoms with van der Waals surface area (Å²) in [6.07, 6.45) is 1.89. The molecule has 2 aromatic carbocycles. The van der Waals surface area contributed by atoms with E-state index in [2.05, 4.69) is 17.2 Å². The van der Waals surface area contributed by atoms with Crippen LogP contribution in [0, 0.1) is 0 Å². The fourth-order valence-corrected chi connectivity index (χ4v) is 1.67. The van der Waals surface area contributed by atoms with Gasteiger partial charge in [-0.15, -0.1) is 12.6 Å². The van der Waals surface area contributed by atoms with E-state index in [1.54, 1.807) is 24.3 Å². The number of esters is 1. The molecule has 2 rings (SSSR count). The maximum absolute atomic E-state index is 11.7. The first-order valence-electron chi connectivity index (χ1n) is 7.53. The highest BCUT2D eigenvalue weighted by Crippen LogP contribution is 2.18. The summed E-state index contributed by atoms with van der Waals surface area (Å²) in [5.74, 6) is -0.296. The van der Waals surface area contributed by atoms with E-state index >= 15 is 0 Å². The van der Waals surface area contributed by atoms with Crippen LogP contribution in [0.15, 0.2) is 64.8 Å². The van der Waals surface area contributed by atoms with Crippen LogP contribution in [0.2, 0.25) is 0 Å². The molecule has 0 N–H and O–H groups in total. The van der Waals surface area contributed by atoms with Crippen molar-refractivity contribution in [3.8, 4) is 0 Å². The van der Waals surface area contributed by atoms with Crippen molar-refractivity contribution < 1.29 is 22.2 Å². The molecule has 0 saturated carbocycles. The number of benzene rings is 2. The molecule has 0 aliphatic heterocycles. The van der Waals surface area contributed by atoms with Crippen molar-refractivity contribution in [3.05, 3.63) is 60.2 Å². The zero-order valence-corrected chi connectivity index (χ0v) is 14.5. The third-order valence-corrected chi connectivity index (χ3v) is 2.87. The van der Waals surface area contributed by atoms with Crippen molar-refractivity contribution in [2.75, 3.05) is 6.61 Å². The Balaban J connectivity index is 0.000000705. The van der Waals surface area contributed by atoms with Crippen LogP contribution in [0.3, 0.4) is 0 Å². The van der Waals surface area contributed by atoms with Gasteiger partial charge < -0.3 is 4.74 Å². The normalized spacial score (nSPS) is 9.96. The van der Waals surface area contributed by atoms with Gasteiger partial charge in [-0.3, -0.25) is 0 Å². The molecule has 0 fully saturated rings. The van der Waals surface area contributed by atoms with Crippen LogP contribution in [0.4, 0.5) is 11.4 Å². The maximum Gasteiger partial charge on any atom is 0.425 e. The van der Waals surface area contributed by atoms with Crippen molar-refractivity contribution in [1.29, 1.82) is 0 Å². The SMILES string of the molecule is CCCCOC(=O)c1ccc(N=Nc2ccccc2)cc1.O=S(=O)=O. The van der Waals surface area contributed by atoms with Crippen LogP contribution >= 0.6 is 0 Å². The van der Waals surface area contributed by atoms with Crippen molar-refractivity contribution in [2.45, 2.75) is 19.8 Å². The Morgan fingerprint density at radius 2 is 1.44 bits per heavy atom. The summed E-state index contributed by atoms with van der Waals surface area (Å²) < 4.78 is 30.5. The number of hydrogen-bond acceptors (Lipinski definition) is 7. The third-order valence-electron chi connectivity index (χ3n) is 2.87. The van der Waals surface area contributed by atoms with Crippen LogP contribution in [-0.2, 0) is 15.3 Å². The molecule has 0 aliphatic rings. The second kappa shape index (κ2) is 11.6. The van der Waals surface area contributed by atoms with E-state index in [9.17, 15) is 4.79 Å². The van der Waals surface area contributed by atoms with Gasteiger partial charge in [-0.2, -0.15) is 10.2 Å². The molecule has 2 aromatic rings. The lowest BCUT2D eigenvalue weighted by atomic mass is 10.2. The minimum Gasteiger partial charge on any atom is -0.462 e. The van der Waals surface area contributed by atoms with Gasteiger partial charge in [0, 0.05) is 0 Å². The molecule has 0 atom stereocenters. The lowest BCUT2D eigenvalue weighted by Crippen LogP contribution is -2.05. The van der Waals surface area contributed by atoms with Crippen molar-refractivity contribution in [3.63, 3.8) is 0 Å². The lowest BCUT2D eigenvalue weighted by Gasteiger charge is -2.03. The molecule has 132 valence electrons. The Hall–Kier alpha value is -2.87. The van der Waals surface area contributed by atoms with Crippen molar-refractivity contribution in [1.82, 2.24) is 0 Å². The minimum absolute atomic E-state index is 0.296. The van der Waals surface area contributed by atoms with E-state index in [-0.39, 0.29) is 5.97 Å². The predicted octanol–water partition coefficient (Wildman–Crippen LogP) is 4.05. The maximum atomic E-state index is 11.7. The molecule has 0 bridgehead atoms. The molecule has 8 heteroatoms. The first kappa shape index (κ1) is 20.2. The van der Waals surface area contributed by atoms with E-state index in [1.165, 1.54) is 0 Å². The molecule has 0 spiro atoms. The minimum atomic E-state index is -3.11. The van der Waals surface area contributed by atoms with Gasteiger partial charge in [0.1, 0.15) is 0 Å². The Labute approximate surface area is 147 Å². The molecule has 0 aromatic heterocycles. The van der Waals surface area contributed by atoms with Crippen molar-refractivity contribution >= 4 is 28.0 Å².